The maximum Gasteiger partial charge on any atom is 0.326 e. The first-order valence-electron chi connectivity index (χ1n) is 8.54. The average molecular weight is 391 g/mol. The predicted octanol–water partition coefficient (Wildman–Crippen LogP) is 2.39. The molecule has 7 nitrogen and oxygen atoms in total. The Hall–Kier alpha value is -2.74. The van der Waals surface area contributed by atoms with Crippen LogP contribution in [0.3, 0.4) is 0 Å². The zero-order chi connectivity index (χ0) is 19.4. The summed E-state index contributed by atoms with van der Waals surface area (Å²) in [6.07, 6.45) is 0.826. The van der Waals surface area contributed by atoms with E-state index in [1.165, 1.54) is 19.2 Å². The summed E-state index contributed by atoms with van der Waals surface area (Å²) in [6.45, 7) is 2.34. The molecule has 0 amide bonds. The van der Waals surface area contributed by atoms with Gasteiger partial charge in [-0.25, -0.2) is 8.42 Å². The first-order chi connectivity index (χ1) is 13.0. The van der Waals surface area contributed by atoms with Crippen molar-refractivity contribution in [1.82, 2.24) is 0 Å². The van der Waals surface area contributed by atoms with Crippen LogP contribution in [-0.4, -0.2) is 41.3 Å². The minimum Gasteiger partial charge on any atom is -0.486 e. The Labute approximate surface area is 158 Å². The highest BCUT2D eigenvalue weighted by Crippen LogP contribution is 2.34. The molecular formula is C19H21NO6S. The molecule has 0 saturated heterocycles. The molecule has 1 heterocycles. The zero-order valence-corrected chi connectivity index (χ0v) is 16.0. The fourth-order valence-electron chi connectivity index (χ4n) is 2.71. The third-order valence-corrected chi connectivity index (χ3v) is 6.00. The molecule has 0 unspecified atom stereocenters. The molecule has 2 aromatic rings. The summed E-state index contributed by atoms with van der Waals surface area (Å²) in [6, 6.07) is 11.4. The summed E-state index contributed by atoms with van der Waals surface area (Å²) in [5.41, 5.74) is 1.45. The molecule has 0 saturated carbocycles. The maximum absolute atomic E-state index is 13.2. The number of fused-ring (bicyclic) bond motifs is 1. The number of anilines is 1. The lowest BCUT2D eigenvalue weighted by molar-refractivity contribution is -0.138. The molecule has 1 aliphatic heterocycles. The minimum absolute atomic E-state index is 0.00946. The maximum atomic E-state index is 13.2. The first kappa shape index (κ1) is 19.0. The van der Waals surface area contributed by atoms with E-state index in [2.05, 4.69) is 4.74 Å². The number of esters is 1. The Morgan fingerprint density at radius 2 is 1.74 bits per heavy atom. The predicted molar refractivity (Wildman–Crippen MR) is 99.8 cm³/mol. The summed E-state index contributed by atoms with van der Waals surface area (Å²) in [5.74, 6) is 0.198. The molecule has 1 aliphatic rings. The van der Waals surface area contributed by atoms with E-state index in [9.17, 15) is 13.2 Å². The van der Waals surface area contributed by atoms with Crippen molar-refractivity contribution in [3.8, 4) is 11.5 Å². The number of carbonyl (C=O) groups is 1. The second kappa shape index (κ2) is 7.87. The van der Waals surface area contributed by atoms with Crippen molar-refractivity contribution < 1.29 is 27.4 Å². The molecule has 0 aliphatic carbocycles. The van der Waals surface area contributed by atoms with Gasteiger partial charge in [0.25, 0.3) is 10.0 Å². The van der Waals surface area contributed by atoms with Gasteiger partial charge in [-0.2, -0.15) is 0 Å². The number of methoxy groups -OCH3 is 1. The number of aryl methyl sites for hydroxylation is 1. The number of rotatable bonds is 6. The second-order valence-electron chi connectivity index (χ2n) is 5.91. The lowest BCUT2D eigenvalue weighted by atomic mass is 10.1. The molecule has 0 aromatic heterocycles. The largest absolute Gasteiger partial charge is 0.486 e. The SMILES string of the molecule is CCc1ccc(N(CC(=O)OC)S(=O)(=O)c2ccc3c(c2)OCCO3)cc1. The van der Waals surface area contributed by atoms with E-state index in [-0.39, 0.29) is 4.90 Å². The van der Waals surface area contributed by atoms with Crippen LogP contribution in [0.5, 0.6) is 11.5 Å². The highest BCUT2D eigenvalue weighted by atomic mass is 32.2. The Kier molecular flexibility index (Phi) is 5.55. The summed E-state index contributed by atoms with van der Waals surface area (Å²) in [4.78, 5) is 11.9. The second-order valence-corrected chi connectivity index (χ2v) is 7.78. The molecule has 0 fully saturated rings. The van der Waals surface area contributed by atoms with Crippen LogP contribution in [0.2, 0.25) is 0 Å². The van der Waals surface area contributed by atoms with Gasteiger partial charge >= 0.3 is 5.97 Å². The van der Waals surface area contributed by atoms with Crippen LogP contribution in [0.1, 0.15) is 12.5 Å². The van der Waals surface area contributed by atoms with Crippen molar-refractivity contribution in [3.63, 3.8) is 0 Å². The smallest absolute Gasteiger partial charge is 0.326 e. The van der Waals surface area contributed by atoms with Crippen LogP contribution < -0.4 is 13.8 Å². The van der Waals surface area contributed by atoms with E-state index < -0.39 is 22.5 Å². The van der Waals surface area contributed by atoms with Gasteiger partial charge in [-0.15, -0.1) is 0 Å². The van der Waals surface area contributed by atoms with E-state index in [0.29, 0.717) is 30.4 Å². The molecule has 8 heteroatoms. The average Bonchev–Trinajstić information content (AvgIpc) is 2.71. The van der Waals surface area contributed by atoms with Gasteiger partial charge in [-0.3, -0.25) is 9.10 Å². The third kappa shape index (κ3) is 4.00. The van der Waals surface area contributed by atoms with Gasteiger partial charge < -0.3 is 14.2 Å². The van der Waals surface area contributed by atoms with Gasteiger partial charge in [0, 0.05) is 6.07 Å². The van der Waals surface area contributed by atoms with Gasteiger partial charge in [-0.05, 0) is 36.2 Å². The minimum atomic E-state index is -4.02. The van der Waals surface area contributed by atoms with Crippen molar-refractivity contribution in [2.24, 2.45) is 0 Å². The van der Waals surface area contributed by atoms with Crippen molar-refractivity contribution in [3.05, 3.63) is 48.0 Å². The fraction of sp³-hybridized carbons (Fsp3) is 0.316. The van der Waals surface area contributed by atoms with Crippen LogP contribution in [0.25, 0.3) is 0 Å². The number of ether oxygens (including phenoxy) is 3. The number of benzene rings is 2. The number of hydrogen-bond donors (Lipinski definition) is 0. The van der Waals surface area contributed by atoms with Gasteiger partial charge in [0.15, 0.2) is 11.5 Å². The molecule has 0 radical (unpaired) electrons. The third-order valence-electron chi connectivity index (χ3n) is 4.23. The fourth-order valence-corrected chi connectivity index (χ4v) is 4.13. The van der Waals surface area contributed by atoms with Crippen LogP contribution in [-0.2, 0) is 26.0 Å². The lowest BCUT2D eigenvalue weighted by Crippen LogP contribution is -2.36. The van der Waals surface area contributed by atoms with Gasteiger partial charge in [0.05, 0.1) is 17.7 Å². The molecule has 0 atom stereocenters. The van der Waals surface area contributed by atoms with Gasteiger partial charge in [-0.1, -0.05) is 19.1 Å². The van der Waals surface area contributed by atoms with Crippen LogP contribution in [0, 0.1) is 0 Å². The molecule has 0 spiro atoms. The van der Waals surface area contributed by atoms with Crippen molar-refractivity contribution >= 4 is 21.7 Å². The summed E-state index contributed by atoms with van der Waals surface area (Å²) < 4.78 is 43.1. The van der Waals surface area contributed by atoms with E-state index in [1.807, 2.05) is 19.1 Å². The summed E-state index contributed by atoms with van der Waals surface area (Å²) in [7, 11) is -2.80. The topological polar surface area (TPSA) is 82.1 Å². The highest BCUT2D eigenvalue weighted by Gasteiger charge is 2.29. The van der Waals surface area contributed by atoms with Crippen LogP contribution >= 0.6 is 0 Å². The van der Waals surface area contributed by atoms with Crippen LogP contribution in [0.15, 0.2) is 47.4 Å². The summed E-state index contributed by atoms with van der Waals surface area (Å²) >= 11 is 0. The monoisotopic (exact) mass is 391 g/mol. The molecule has 27 heavy (non-hydrogen) atoms. The van der Waals surface area contributed by atoms with Gasteiger partial charge in [0.1, 0.15) is 19.8 Å². The van der Waals surface area contributed by atoms with Gasteiger partial charge in [0.2, 0.25) is 0 Å². The van der Waals surface area contributed by atoms with E-state index in [4.69, 9.17) is 9.47 Å². The van der Waals surface area contributed by atoms with E-state index >= 15 is 0 Å². The normalized spacial score (nSPS) is 13.1. The standard InChI is InChI=1S/C19H21NO6S/c1-3-14-4-6-15(7-5-14)20(13-19(21)24-2)27(22,23)16-8-9-17-18(12-16)26-11-10-25-17/h4-9,12H,3,10-11,13H2,1-2H3. The zero-order valence-electron chi connectivity index (χ0n) is 15.2. The quantitative estimate of drug-likeness (QED) is 0.704. The van der Waals surface area contributed by atoms with E-state index in [1.54, 1.807) is 18.2 Å². The highest BCUT2D eigenvalue weighted by molar-refractivity contribution is 7.92. The van der Waals surface area contributed by atoms with Crippen molar-refractivity contribution in [2.45, 2.75) is 18.2 Å². The molecule has 144 valence electrons. The Bertz CT molecular complexity index is 924. The first-order valence-corrected chi connectivity index (χ1v) is 9.98. The Morgan fingerprint density at radius 1 is 1.07 bits per heavy atom. The lowest BCUT2D eigenvalue weighted by Gasteiger charge is -2.25. The Morgan fingerprint density at radius 3 is 2.37 bits per heavy atom. The van der Waals surface area contributed by atoms with Crippen molar-refractivity contribution in [1.29, 1.82) is 0 Å². The number of sulfonamides is 1. The van der Waals surface area contributed by atoms with Crippen LogP contribution in [0.4, 0.5) is 5.69 Å². The number of carbonyl (C=O) groups excluding carboxylic acids is 1. The molecule has 3 rings (SSSR count). The Balaban J connectivity index is 2.02. The molecule has 2 aromatic carbocycles. The van der Waals surface area contributed by atoms with Crippen molar-refractivity contribution in [2.75, 3.05) is 31.2 Å². The molecule has 0 N–H and O–H groups in total. The summed E-state index contributed by atoms with van der Waals surface area (Å²) in [5, 5.41) is 0. The number of hydrogen-bond acceptors (Lipinski definition) is 6. The molecule has 0 bridgehead atoms. The van der Waals surface area contributed by atoms with E-state index in [0.717, 1.165) is 16.3 Å². The molecular weight excluding hydrogens is 370 g/mol. The number of nitrogens with zero attached hydrogens (tertiary/aromatic N) is 1.